The highest BCUT2D eigenvalue weighted by Gasteiger charge is 2.40. The van der Waals surface area contributed by atoms with Crippen LogP contribution >= 0.6 is 0 Å². The van der Waals surface area contributed by atoms with Crippen molar-refractivity contribution in [3.63, 3.8) is 0 Å². The molecule has 22 heavy (non-hydrogen) atoms. The molecule has 1 aromatic rings. The van der Waals surface area contributed by atoms with Gasteiger partial charge in [0, 0.05) is 12.5 Å². The molecule has 0 bridgehead atoms. The molecule has 1 aromatic carbocycles. The Hall–Kier alpha value is -2.57. The number of carbonyl (C=O) groups excluding carboxylic acids is 3. The summed E-state index contributed by atoms with van der Waals surface area (Å²) in [6.07, 6.45) is 1.17. The number of benzene rings is 1. The van der Waals surface area contributed by atoms with Crippen LogP contribution in [0.2, 0.25) is 0 Å². The minimum atomic E-state index is -0.661. The molecular formula is C15H14N2O5. The molecule has 1 aliphatic heterocycles. The normalized spacial score (nSPS) is 21.7. The number of amides is 1. The van der Waals surface area contributed by atoms with Crippen LogP contribution in [-0.4, -0.2) is 33.3 Å². The molecule has 1 saturated carbocycles. The van der Waals surface area contributed by atoms with E-state index in [1.807, 2.05) is 0 Å². The standard InChI is InChI=1S/C15H14N2O5/c18-9-3-1-6-13(14(19)7-9)16-8-11-10(15(16)20)4-2-5-12(11)17(21)22/h2,4-5,13H,1,3,6-8H2. The van der Waals surface area contributed by atoms with E-state index in [0.717, 1.165) is 0 Å². The minimum Gasteiger partial charge on any atom is -0.324 e. The molecular weight excluding hydrogens is 288 g/mol. The van der Waals surface area contributed by atoms with Gasteiger partial charge >= 0.3 is 0 Å². The number of fused-ring (bicyclic) bond motifs is 1. The lowest BCUT2D eigenvalue weighted by Gasteiger charge is -2.25. The SMILES string of the molecule is O=C1CCCC(N2Cc3c(cccc3[N+](=O)[O-])C2=O)C(=O)C1. The van der Waals surface area contributed by atoms with Gasteiger partial charge in [-0.3, -0.25) is 24.5 Å². The molecule has 0 N–H and O–H groups in total. The van der Waals surface area contributed by atoms with Crippen LogP contribution in [-0.2, 0) is 16.1 Å². The smallest absolute Gasteiger partial charge is 0.275 e. The Morgan fingerprint density at radius 2 is 2.00 bits per heavy atom. The molecule has 114 valence electrons. The fraction of sp³-hybridized carbons (Fsp3) is 0.400. The number of hydrogen-bond acceptors (Lipinski definition) is 5. The van der Waals surface area contributed by atoms with Crippen molar-refractivity contribution in [1.82, 2.24) is 4.90 Å². The zero-order valence-corrected chi connectivity index (χ0v) is 11.8. The molecule has 1 atom stereocenters. The lowest BCUT2D eigenvalue weighted by Crippen LogP contribution is -2.41. The summed E-state index contributed by atoms with van der Waals surface area (Å²) in [6.45, 7) is 0.0515. The number of Topliss-reactive ketones (excluding diaryl/α,β-unsaturated/α-hetero) is 2. The lowest BCUT2D eigenvalue weighted by atomic mass is 10.1. The van der Waals surface area contributed by atoms with Crippen molar-refractivity contribution in [3.8, 4) is 0 Å². The summed E-state index contributed by atoms with van der Waals surface area (Å²) in [5, 5.41) is 11.1. The van der Waals surface area contributed by atoms with Crippen molar-refractivity contribution in [1.29, 1.82) is 0 Å². The quantitative estimate of drug-likeness (QED) is 0.358. The van der Waals surface area contributed by atoms with Crippen LogP contribution in [0.25, 0.3) is 0 Å². The van der Waals surface area contributed by atoms with Crippen LogP contribution in [0.15, 0.2) is 18.2 Å². The van der Waals surface area contributed by atoms with Gasteiger partial charge in [0.15, 0.2) is 5.78 Å². The molecule has 0 saturated heterocycles. The fourth-order valence-corrected chi connectivity index (χ4v) is 3.14. The van der Waals surface area contributed by atoms with Crippen molar-refractivity contribution < 1.29 is 19.3 Å². The Labute approximate surface area is 126 Å². The van der Waals surface area contributed by atoms with Gasteiger partial charge < -0.3 is 4.90 Å². The van der Waals surface area contributed by atoms with Crippen molar-refractivity contribution in [2.24, 2.45) is 0 Å². The Morgan fingerprint density at radius 3 is 2.73 bits per heavy atom. The van der Waals surface area contributed by atoms with E-state index >= 15 is 0 Å². The molecule has 2 aliphatic rings. The third-order valence-corrected chi connectivity index (χ3v) is 4.22. The van der Waals surface area contributed by atoms with Gasteiger partial charge in [-0.15, -0.1) is 0 Å². The number of rotatable bonds is 2. The van der Waals surface area contributed by atoms with Crippen LogP contribution in [0.4, 0.5) is 5.69 Å². The molecule has 3 rings (SSSR count). The van der Waals surface area contributed by atoms with E-state index in [-0.39, 0.29) is 41.7 Å². The Balaban J connectivity index is 1.93. The first kappa shape index (κ1) is 14.4. The number of nitro benzene ring substituents is 1. The summed E-state index contributed by atoms with van der Waals surface area (Å²) >= 11 is 0. The molecule has 7 nitrogen and oxygen atoms in total. The summed E-state index contributed by atoms with van der Waals surface area (Å²) in [6, 6.07) is 3.70. The van der Waals surface area contributed by atoms with Crippen LogP contribution in [0.3, 0.4) is 0 Å². The van der Waals surface area contributed by atoms with Crippen LogP contribution in [0.5, 0.6) is 0 Å². The number of ketones is 2. The molecule has 1 unspecified atom stereocenters. The predicted molar refractivity (Wildman–Crippen MR) is 75.2 cm³/mol. The summed E-state index contributed by atoms with van der Waals surface area (Å²) in [5.41, 5.74) is 0.518. The Morgan fingerprint density at radius 1 is 1.23 bits per heavy atom. The van der Waals surface area contributed by atoms with Gasteiger partial charge in [0.05, 0.1) is 35.1 Å². The number of carbonyl (C=O) groups is 3. The maximum Gasteiger partial charge on any atom is 0.275 e. The third-order valence-electron chi connectivity index (χ3n) is 4.22. The second kappa shape index (κ2) is 5.32. The van der Waals surface area contributed by atoms with E-state index in [4.69, 9.17) is 0 Å². The first-order chi connectivity index (χ1) is 10.5. The summed E-state index contributed by atoms with van der Waals surface area (Å²) in [4.78, 5) is 48.1. The monoisotopic (exact) mass is 302 g/mol. The van der Waals surface area contributed by atoms with Gasteiger partial charge in [0.2, 0.25) is 0 Å². The van der Waals surface area contributed by atoms with Gasteiger partial charge in [0.1, 0.15) is 5.78 Å². The van der Waals surface area contributed by atoms with Crippen molar-refractivity contribution in [3.05, 3.63) is 39.4 Å². The van der Waals surface area contributed by atoms with E-state index in [0.29, 0.717) is 24.8 Å². The van der Waals surface area contributed by atoms with E-state index in [2.05, 4.69) is 0 Å². The lowest BCUT2D eigenvalue weighted by molar-refractivity contribution is -0.385. The predicted octanol–water partition coefficient (Wildman–Crippen LogP) is 1.63. The van der Waals surface area contributed by atoms with Crippen molar-refractivity contribution in [2.45, 2.75) is 38.3 Å². The summed E-state index contributed by atoms with van der Waals surface area (Å²) in [7, 11) is 0. The summed E-state index contributed by atoms with van der Waals surface area (Å²) < 4.78 is 0. The van der Waals surface area contributed by atoms with Crippen LogP contribution in [0, 0.1) is 10.1 Å². The molecule has 0 aromatic heterocycles. The van der Waals surface area contributed by atoms with E-state index in [9.17, 15) is 24.5 Å². The topological polar surface area (TPSA) is 97.6 Å². The highest BCUT2D eigenvalue weighted by atomic mass is 16.6. The Bertz CT molecular complexity index is 697. The molecule has 1 heterocycles. The maximum absolute atomic E-state index is 12.5. The molecule has 0 spiro atoms. The average molecular weight is 302 g/mol. The highest BCUT2D eigenvalue weighted by molar-refractivity contribution is 6.06. The first-order valence-corrected chi connectivity index (χ1v) is 7.10. The van der Waals surface area contributed by atoms with Gasteiger partial charge in [-0.2, -0.15) is 0 Å². The summed E-state index contributed by atoms with van der Waals surface area (Å²) in [5.74, 6) is -0.750. The molecule has 1 fully saturated rings. The van der Waals surface area contributed by atoms with Crippen molar-refractivity contribution >= 4 is 23.2 Å². The largest absolute Gasteiger partial charge is 0.324 e. The third kappa shape index (κ3) is 2.28. The van der Waals surface area contributed by atoms with E-state index in [1.165, 1.54) is 23.1 Å². The van der Waals surface area contributed by atoms with E-state index in [1.54, 1.807) is 0 Å². The highest BCUT2D eigenvalue weighted by Crippen LogP contribution is 2.33. The second-order valence-electron chi connectivity index (χ2n) is 5.58. The zero-order valence-electron chi connectivity index (χ0n) is 11.8. The maximum atomic E-state index is 12.5. The van der Waals surface area contributed by atoms with Gasteiger partial charge in [-0.05, 0) is 18.9 Å². The number of hydrogen-bond donors (Lipinski definition) is 0. The van der Waals surface area contributed by atoms with Gasteiger partial charge in [0.25, 0.3) is 11.6 Å². The zero-order chi connectivity index (χ0) is 15.9. The first-order valence-electron chi connectivity index (χ1n) is 7.10. The number of nitrogens with zero attached hydrogens (tertiary/aromatic N) is 2. The molecule has 7 heteroatoms. The van der Waals surface area contributed by atoms with Crippen molar-refractivity contribution in [2.75, 3.05) is 0 Å². The van der Waals surface area contributed by atoms with Crippen LogP contribution < -0.4 is 0 Å². The Kier molecular flexibility index (Phi) is 3.48. The molecule has 0 radical (unpaired) electrons. The van der Waals surface area contributed by atoms with Gasteiger partial charge in [-0.25, -0.2) is 0 Å². The minimum absolute atomic E-state index is 0.0515. The fourth-order valence-electron chi connectivity index (χ4n) is 3.14. The van der Waals surface area contributed by atoms with E-state index < -0.39 is 11.0 Å². The molecule has 1 aliphatic carbocycles. The average Bonchev–Trinajstić information content (AvgIpc) is 2.70. The molecule has 1 amide bonds. The number of nitro groups is 1. The second-order valence-corrected chi connectivity index (χ2v) is 5.58. The van der Waals surface area contributed by atoms with Gasteiger partial charge in [-0.1, -0.05) is 6.07 Å². The van der Waals surface area contributed by atoms with Crippen LogP contribution in [0.1, 0.15) is 41.6 Å².